The number of aryl methyl sites for hydroxylation is 2. The molecule has 2 aromatic rings. The fourth-order valence-electron chi connectivity index (χ4n) is 7.89. The molecule has 0 amide bonds. The molecule has 1 aliphatic carbocycles. The molecule has 7 rings (SSSR count). The summed E-state index contributed by atoms with van der Waals surface area (Å²) in [4.78, 5) is 7.46. The van der Waals surface area contributed by atoms with Crippen molar-refractivity contribution in [2.24, 2.45) is 11.5 Å². The summed E-state index contributed by atoms with van der Waals surface area (Å²) < 4.78 is 0. The Hall–Kier alpha value is -3.28. The van der Waals surface area contributed by atoms with Gasteiger partial charge in [0, 0.05) is 74.0 Å². The van der Waals surface area contributed by atoms with Gasteiger partial charge >= 0.3 is 0 Å². The Bertz CT molecular complexity index is 1380. The van der Waals surface area contributed by atoms with Crippen molar-refractivity contribution in [2.45, 2.75) is 51.4 Å². The average molecular weight is 496 g/mol. The van der Waals surface area contributed by atoms with Gasteiger partial charge in [0.2, 0.25) is 0 Å². The molecule has 4 N–H and O–H groups in total. The van der Waals surface area contributed by atoms with Crippen LogP contribution >= 0.6 is 0 Å². The summed E-state index contributed by atoms with van der Waals surface area (Å²) in [6.07, 6.45) is 9.27. The molecule has 0 saturated heterocycles. The maximum atomic E-state index is 6.99. The van der Waals surface area contributed by atoms with Gasteiger partial charge in [-0.2, -0.15) is 0 Å². The molecular formula is C31H39N6-. The molecule has 5 aliphatic rings. The van der Waals surface area contributed by atoms with Gasteiger partial charge in [-0.3, -0.25) is 0 Å². The molecule has 0 unspecified atom stereocenters. The van der Waals surface area contributed by atoms with E-state index >= 15 is 0 Å². The lowest BCUT2D eigenvalue weighted by atomic mass is 9.76. The zero-order chi connectivity index (χ0) is 25.4. The molecule has 37 heavy (non-hydrogen) atoms. The summed E-state index contributed by atoms with van der Waals surface area (Å²) >= 11 is 0. The van der Waals surface area contributed by atoms with Crippen molar-refractivity contribution in [1.29, 1.82) is 0 Å². The normalized spacial score (nSPS) is 20.0. The highest BCUT2D eigenvalue weighted by atomic mass is 15.2. The molecule has 194 valence electrons. The van der Waals surface area contributed by atoms with Crippen LogP contribution in [0.1, 0.15) is 59.1 Å². The third-order valence-electron chi connectivity index (χ3n) is 9.28. The summed E-state index contributed by atoms with van der Waals surface area (Å²) in [7, 11) is 6.24. The second-order valence-electron chi connectivity index (χ2n) is 11.6. The lowest BCUT2D eigenvalue weighted by Gasteiger charge is -2.43. The predicted molar refractivity (Wildman–Crippen MR) is 156 cm³/mol. The van der Waals surface area contributed by atoms with Gasteiger partial charge in [-0.05, 0) is 85.3 Å². The van der Waals surface area contributed by atoms with Crippen molar-refractivity contribution in [1.82, 2.24) is 0 Å². The highest BCUT2D eigenvalue weighted by Crippen LogP contribution is 2.53. The van der Waals surface area contributed by atoms with E-state index in [0.29, 0.717) is 0 Å². The van der Waals surface area contributed by atoms with E-state index < -0.39 is 0 Å². The van der Waals surface area contributed by atoms with Gasteiger partial charge in [0.25, 0.3) is 0 Å². The topological polar surface area (TPSA) is 75.9 Å². The highest BCUT2D eigenvalue weighted by molar-refractivity contribution is 6.13. The molecule has 0 atom stereocenters. The molecule has 0 aromatic heterocycles. The van der Waals surface area contributed by atoms with Crippen LogP contribution in [-0.4, -0.2) is 47.3 Å². The predicted octanol–water partition coefficient (Wildman–Crippen LogP) is 4.84. The number of hydrogen-bond acceptors (Lipinski definition) is 5. The monoisotopic (exact) mass is 495 g/mol. The Balaban J connectivity index is 1.38. The fourth-order valence-corrected chi connectivity index (χ4v) is 7.89. The Morgan fingerprint density at radius 2 is 1.19 bits per heavy atom. The lowest BCUT2D eigenvalue weighted by molar-refractivity contribution is 0.633. The number of benzene rings is 2. The first-order chi connectivity index (χ1) is 18.0. The van der Waals surface area contributed by atoms with Crippen LogP contribution in [0.25, 0.3) is 16.5 Å². The summed E-state index contributed by atoms with van der Waals surface area (Å²) in [5, 5.41) is 4.83. The zero-order valence-electron chi connectivity index (χ0n) is 22.6. The van der Waals surface area contributed by atoms with Gasteiger partial charge in [0.1, 0.15) is 0 Å². The SMILES string of the molecule is C[N-]c1c(C2=C(N)C(c3cc4c5c(c3N(C)C)CCCN5CCC4)=C2N)cc2c3c1CCCN3CCC2. The van der Waals surface area contributed by atoms with E-state index in [9.17, 15) is 0 Å². The molecular weight excluding hydrogens is 456 g/mol. The first kappa shape index (κ1) is 22.9. The van der Waals surface area contributed by atoms with Crippen LogP contribution < -0.4 is 26.2 Å². The number of nitrogens with zero attached hydrogens (tertiary/aromatic N) is 4. The van der Waals surface area contributed by atoms with E-state index in [1.54, 1.807) is 0 Å². The molecule has 6 nitrogen and oxygen atoms in total. The van der Waals surface area contributed by atoms with Gasteiger partial charge in [0.15, 0.2) is 0 Å². The smallest absolute Gasteiger partial charge is 0.0516 e. The number of hydrogen-bond donors (Lipinski definition) is 2. The molecule has 4 heterocycles. The van der Waals surface area contributed by atoms with Crippen LogP contribution in [-0.2, 0) is 25.7 Å². The minimum absolute atomic E-state index is 0.830. The third-order valence-corrected chi connectivity index (χ3v) is 9.28. The molecule has 0 bridgehead atoms. The highest BCUT2D eigenvalue weighted by Gasteiger charge is 2.36. The van der Waals surface area contributed by atoms with Crippen LogP contribution in [0.5, 0.6) is 0 Å². The third kappa shape index (κ3) is 3.17. The fraction of sp³-hybridized carbons (Fsp3) is 0.484. The van der Waals surface area contributed by atoms with E-state index in [4.69, 9.17) is 16.8 Å². The van der Waals surface area contributed by atoms with Crippen LogP contribution in [0.4, 0.5) is 22.7 Å². The lowest BCUT2D eigenvalue weighted by Crippen LogP contribution is -2.36. The molecule has 2 aromatic carbocycles. The van der Waals surface area contributed by atoms with Crippen LogP contribution in [0.15, 0.2) is 23.5 Å². The Kier molecular flexibility index (Phi) is 5.18. The molecule has 0 saturated carbocycles. The summed E-state index contributed by atoms with van der Waals surface area (Å²) in [5.74, 6) is 0. The van der Waals surface area contributed by atoms with Gasteiger partial charge in [-0.1, -0.05) is 6.07 Å². The van der Waals surface area contributed by atoms with Crippen molar-refractivity contribution in [3.05, 3.63) is 62.2 Å². The van der Waals surface area contributed by atoms with Gasteiger partial charge in [-0.25, -0.2) is 0 Å². The Morgan fingerprint density at radius 1 is 0.703 bits per heavy atom. The summed E-state index contributed by atoms with van der Waals surface area (Å²) in [6, 6.07) is 4.75. The largest absolute Gasteiger partial charge is 0.686 e. The molecule has 0 fully saturated rings. The summed E-state index contributed by atoms with van der Waals surface area (Å²) in [5.41, 5.74) is 31.1. The van der Waals surface area contributed by atoms with Crippen molar-refractivity contribution in [3.8, 4) is 0 Å². The maximum Gasteiger partial charge on any atom is 0.0516 e. The van der Waals surface area contributed by atoms with Gasteiger partial charge in [0.05, 0.1) is 11.4 Å². The number of anilines is 3. The first-order valence-electron chi connectivity index (χ1n) is 14.1. The van der Waals surface area contributed by atoms with Gasteiger partial charge < -0.3 is 31.5 Å². The molecule has 0 radical (unpaired) electrons. The van der Waals surface area contributed by atoms with E-state index in [1.807, 2.05) is 7.05 Å². The van der Waals surface area contributed by atoms with E-state index in [2.05, 4.69) is 40.9 Å². The maximum absolute atomic E-state index is 6.99. The van der Waals surface area contributed by atoms with Crippen molar-refractivity contribution < 1.29 is 0 Å². The van der Waals surface area contributed by atoms with E-state index in [1.165, 1.54) is 83.7 Å². The van der Waals surface area contributed by atoms with E-state index in [0.717, 1.165) is 72.6 Å². The van der Waals surface area contributed by atoms with Crippen LogP contribution in [0.3, 0.4) is 0 Å². The second-order valence-corrected chi connectivity index (χ2v) is 11.6. The standard InChI is InChI=1S/C31H39N6/c1-34-28-20-10-6-14-36-12-4-8-18(29(20)36)16-22(28)24-26(32)25(27(24)33)23-17-19-9-5-13-37-15-7-11-21(30(19)37)31(23)35(2)3/h16-17H,4-15,32-33H2,1-3H3/q-1. The molecule has 4 aliphatic heterocycles. The first-order valence-corrected chi connectivity index (χ1v) is 14.1. The molecule has 6 heteroatoms. The number of rotatable bonds is 4. The zero-order valence-corrected chi connectivity index (χ0v) is 22.6. The second kappa shape index (κ2) is 8.37. The van der Waals surface area contributed by atoms with Crippen molar-refractivity contribution in [3.63, 3.8) is 0 Å². The summed E-state index contributed by atoms with van der Waals surface area (Å²) in [6.45, 7) is 4.66. The van der Waals surface area contributed by atoms with E-state index in [-0.39, 0.29) is 0 Å². The van der Waals surface area contributed by atoms with Crippen molar-refractivity contribution in [2.75, 3.05) is 62.0 Å². The quantitative estimate of drug-likeness (QED) is 0.635. The number of allylic oxidation sites excluding steroid dienone is 2. The average Bonchev–Trinajstić information content (AvgIpc) is 2.89. The van der Waals surface area contributed by atoms with Crippen molar-refractivity contribution >= 4 is 33.9 Å². The van der Waals surface area contributed by atoms with Crippen LogP contribution in [0, 0.1) is 0 Å². The van der Waals surface area contributed by atoms with Gasteiger partial charge in [-0.15, -0.1) is 12.7 Å². The molecule has 0 spiro atoms. The van der Waals surface area contributed by atoms with Crippen LogP contribution in [0.2, 0.25) is 0 Å². The number of nitrogens with two attached hydrogens (primary N) is 2. The Labute approximate surface area is 221 Å². The Morgan fingerprint density at radius 3 is 1.76 bits per heavy atom. The minimum atomic E-state index is 0.830. The minimum Gasteiger partial charge on any atom is -0.686 e.